The molecule has 24 heavy (non-hydrogen) atoms. The molecule has 1 amide bonds. The van der Waals surface area contributed by atoms with Gasteiger partial charge in [-0.1, -0.05) is 12.1 Å². The highest BCUT2D eigenvalue weighted by Crippen LogP contribution is 2.33. The first kappa shape index (κ1) is 14.9. The third-order valence-electron chi connectivity index (χ3n) is 4.74. The normalized spacial score (nSPS) is 17.8. The summed E-state index contributed by atoms with van der Waals surface area (Å²) in [7, 11) is 0. The van der Waals surface area contributed by atoms with Crippen molar-refractivity contribution in [2.45, 2.75) is 39.3 Å². The zero-order chi connectivity index (χ0) is 16.7. The van der Waals surface area contributed by atoms with Gasteiger partial charge in [0.25, 0.3) is 5.91 Å². The molecule has 0 spiro atoms. The molecule has 1 saturated heterocycles. The number of hydrogen-bond acceptors (Lipinski definition) is 3. The average Bonchev–Trinajstić information content (AvgIpc) is 3.30. The van der Waals surface area contributed by atoms with Crippen LogP contribution in [0.4, 0.5) is 0 Å². The maximum Gasteiger partial charge on any atom is 0.257 e. The number of amides is 1. The second-order valence-electron chi connectivity index (χ2n) is 6.28. The molecule has 1 aliphatic rings. The van der Waals surface area contributed by atoms with Gasteiger partial charge in [-0.3, -0.25) is 9.48 Å². The molecule has 1 N–H and O–H groups in total. The van der Waals surface area contributed by atoms with Crippen LogP contribution < -0.4 is 0 Å². The molecule has 3 heterocycles. The van der Waals surface area contributed by atoms with Crippen LogP contribution in [0, 0.1) is 6.92 Å². The zero-order valence-electron chi connectivity index (χ0n) is 14.0. The van der Waals surface area contributed by atoms with Gasteiger partial charge in [0, 0.05) is 19.3 Å². The van der Waals surface area contributed by atoms with Crippen molar-refractivity contribution in [1.82, 2.24) is 24.6 Å². The van der Waals surface area contributed by atoms with E-state index in [4.69, 9.17) is 4.98 Å². The summed E-state index contributed by atoms with van der Waals surface area (Å²) >= 11 is 0. The number of nitrogens with zero attached hydrogens (tertiary/aromatic N) is 4. The molecule has 6 nitrogen and oxygen atoms in total. The van der Waals surface area contributed by atoms with Crippen molar-refractivity contribution in [3.8, 4) is 0 Å². The number of H-pyrrole nitrogens is 1. The molecule has 1 atom stereocenters. The quantitative estimate of drug-likeness (QED) is 0.805. The van der Waals surface area contributed by atoms with Gasteiger partial charge in [0.05, 0.1) is 28.3 Å². The van der Waals surface area contributed by atoms with E-state index in [9.17, 15) is 4.79 Å². The number of fused-ring (bicyclic) bond motifs is 1. The Morgan fingerprint density at radius 2 is 2.21 bits per heavy atom. The summed E-state index contributed by atoms with van der Waals surface area (Å²) in [6, 6.07) is 7.99. The molecule has 0 radical (unpaired) electrons. The first-order valence-electron chi connectivity index (χ1n) is 8.47. The van der Waals surface area contributed by atoms with E-state index >= 15 is 0 Å². The van der Waals surface area contributed by atoms with Crippen molar-refractivity contribution < 1.29 is 4.79 Å². The van der Waals surface area contributed by atoms with Crippen LogP contribution in [0.25, 0.3) is 11.0 Å². The van der Waals surface area contributed by atoms with Crippen LogP contribution >= 0.6 is 0 Å². The van der Waals surface area contributed by atoms with Crippen molar-refractivity contribution in [1.29, 1.82) is 0 Å². The Kier molecular flexibility index (Phi) is 3.59. The summed E-state index contributed by atoms with van der Waals surface area (Å²) in [6.45, 7) is 5.44. The van der Waals surface area contributed by atoms with Gasteiger partial charge in [-0.25, -0.2) is 4.98 Å². The van der Waals surface area contributed by atoms with Crippen LogP contribution in [-0.2, 0) is 6.54 Å². The van der Waals surface area contributed by atoms with Gasteiger partial charge < -0.3 is 9.88 Å². The highest BCUT2D eigenvalue weighted by atomic mass is 16.2. The second kappa shape index (κ2) is 5.78. The monoisotopic (exact) mass is 323 g/mol. The fraction of sp³-hybridized carbons (Fsp3) is 0.389. The highest BCUT2D eigenvalue weighted by Gasteiger charge is 2.33. The van der Waals surface area contributed by atoms with E-state index in [0.29, 0.717) is 5.56 Å². The number of aryl methyl sites for hydroxylation is 2. The number of likely N-dealkylation sites (tertiary alicyclic amines) is 1. The average molecular weight is 323 g/mol. The van der Waals surface area contributed by atoms with Crippen LogP contribution in [-0.4, -0.2) is 37.1 Å². The van der Waals surface area contributed by atoms with Crippen LogP contribution in [0.1, 0.15) is 47.7 Å². The molecule has 6 heteroatoms. The Balaban J connectivity index is 1.66. The smallest absolute Gasteiger partial charge is 0.257 e. The number of hydrogen-bond donors (Lipinski definition) is 1. The maximum atomic E-state index is 13.0. The molecule has 1 fully saturated rings. The van der Waals surface area contributed by atoms with E-state index in [1.807, 2.05) is 53.9 Å². The van der Waals surface area contributed by atoms with Crippen molar-refractivity contribution >= 4 is 16.9 Å². The Labute approximate surface area is 140 Å². The Morgan fingerprint density at radius 1 is 1.38 bits per heavy atom. The summed E-state index contributed by atoms with van der Waals surface area (Å²) in [5, 5.41) is 4.40. The van der Waals surface area contributed by atoms with Crippen molar-refractivity contribution in [2.24, 2.45) is 0 Å². The third-order valence-corrected chi connectivity index (χ3v) is 4.74. The fourth-order valence-corrected chi connectivity index (χ4v) is 3.47. The van der Waals surface area contributed by atoms with E-state index in [-0.39, 0.29) is 11.9 Å². The van der Waals surface area contributed by atoms with Crippen LogP contribution in [0.5, 0.6) is 0 Å². The number of rotatable bonds is 3. The first-order valence-corrected chi connectivity index (χ1v) is 8.47. The number of carbonyl (C=O) groups excluding carboxylic acids is 1. The van der Waals surface area contributed by atoms with Crippen molar-refractivity contribution in [3.63, 3.8) is 0 Å². The first-order chi connectivity index (χ1) is 11.7. The molecule has 2 aromatic heterocycles. The lowest BCUT2D eigenvalue weighted by Gasteiger charge is -2.22. The molecule has 0 bridgehead atoms. The fourth-order valence-electron chi connectivity index (χ4n) is 3.47. The molecular weight excluding hydrogens is 302 g/mol. The van der Waals surface area contributed by atoms with Crippen LogP contribution in [0.15, 0.2) is 30.5 Å². The van der Waals surface area contributed by atoms with Gasteiger partial charge in [-0.15, -0.1) is 0 Å². The van der Waals surface area contributed by atoms with Gasteiger partial charge >= 0.3 is 0 Å². The van der Waals surface area contributed by atoms with Gasteiger partial charge in [-0.2, -0.15) is 5.10 Å². The van der Waals surface area contributed by atoms with E-state index < -0.39 is 0 Å². The van der Waals surface area contributed by atoms with Gasteiger partial charge in [0.2, 0.25) is 0 Å². The molecule has 0 aliphatic carbocycles. The number of nitrogens with one attached hydrogen (secondary N) is 1. The number of para-hydroxylation sites is 2. The van der Waals surface area contributed by atoms with E-state index in [0.717, 1.165) is 48.5 Å². The molecule has 1 aliphatic heterocycles. The largest absolute Gasteiger partial charge is 0.340 e. The minimum absolute atomic E-state index is 0.00859. The summed E-state index contributed by atoms with van der Waals surface area (Å²) in [5.41, 5.74) is 3.44. The summed E-state index contributed by atoms with van der Waals surface area (Å²) in [6.07, 6.45) is 3.78. The van der Waals surface area contributed by atoms with Gasteiger partial charge in [0.15, 0.2) is 0 Å². The van der Waals surface area contributed by atoms with Crippen LogP contribution in [0.2, 0.25) is 0 Å². The minimum atomic E-state index is 0.00859. The second-order valence-corrected chi connectivity index (χ2v) is 6.28. The van der Waals surface area contributed by atoms with Crippen molar-refractivity contribution in [2.75, 3.05) is 6.54 Å². The zero-order valence-corrected chi connectivity index (χ0v) is 14.0. The molecule has 4 rings (SSSR count). The number of aromatic nitrogens is 4. The molecule has 124 valence electrons. The molecular formula is C18H21N5O. The van der Waals surface area contributed by atoms with E-state index in [2.05, 4.69) is 10.1 Å². The summed E-state index contributed by atoms with van der Waals surface area (Å²) < 4.78 is 1.81. The van der Waals surface area contributed by atoms with E-state index in [1.165, 1.54) is 0 Å². The Morgan fingerprint density at radius 3 is 2.96 bits per heavy atom. The lowest BCUT2D eigenvalue weighted by molar-refractivity contribution is 0.0729. The molecule has 0 unspecified atom stereocenters. The topological polar surface area (TPSA) is 66.8 Å². The van der Waals surface area contributed by atoms with Crippen LogP contribution in [0.3, 0.4) is 0 Å². The standard InChI is InChI=1S/C18H21N5O/c1-3-22-11-13(12(2)21-22)18(24)23-10-6-9-16(23)17-19-14-7-4-5-8-15(14)20-17/h4-5,7-8,11,16H,3,6,9-10H2,1-2H3,(H,19,20)/t16-/m1/s1. The Bertz CT molecular complexity index is 861. The predicted molar refractivity (Wildman–Crippen MR) is 91.7 cm³/mol. The minimum Gasteiger partial charge on any atom is -0.340 e. The van der Waals surface area contributed by atoms with Crippen molar-refractivity contribution in [3.05, 3.63) is 47.5 Å². The third kappa shape index (κ3) is 2.38. The molecule has 0 saturated carbocycles. The van der Waals surface area contributed by atoms with Gasteiger partial charge in [-0.05, 0) is 38.8 Å². The lowest BCUT2D eigenvalue weighted by Crippen LogP contribution is -2.31. The number of aromatic amines is 1. The number of benzene rings is 1. The number of imidazole rings is 1. The molecule has 3 aromatic rings. The summed E-state index contributed by atoms with van der Waals surface area (Å²) in [5.74, 6) is 0.928. The maximum absolute atomic E-state index is 13.0. The Hall–Kier alpha value is -2.63. The van der Waals surface area contributed by atoms with E-state index in [1.54, 1.807) is 0 Å². The number of carbonyl (C=O) groups is 1. The SMILES string of the molecule is CCn1cc(C(=O)N2CCC[C@@H]2c2nc3ccccc3[nH]2)c(C)n1. The molecule has 1 aromatic carbocycles. The van der Waals surface area contributed by atoms with Gasteiger partial charge in [0.1, 0.15) is 5.82 Å². The summed E-state index contributed by atoms with van der Waals surface area (Å²) in [4.78, 5) is 23.0. The predicted octanol–water partition coefficient (Wildman–Crippen LogP) is 3.07. The highest BCUT2D eigenvalue weighted by molar-refractivity contribution is 5.95. The lowest BCUT2D eigenvalue weighted by atomic mass is 10.2.